The van der Waals surface area contributed by atoms with Crippen molar-refractivity contribution in [1.29, 1.82) is 0 Å². The van der Waals surface area contributed by atoms with E-state index in [4.69, 9.17) is 0 Å². The highest BCUT2D eigenvalue weighted by molar-refractivity contribution is 9.10. The van der Waals surface area contributed by atoms with Crippen molar-refractivity contribution < 1.29 is 9.50 Å². The minimum atomic E-state index is -0.584. The van der Waals surface area contributed by atoms with Crippen molar-refractivity contribution in [3.8, 4) is 5.75 Å². The van der Waals surface area contributed by atoms with E-state index in [1.807, 2.05) is 20.8 Å². The Hall–Kier alpha value is -0.570. The molecule has 0 amide bonds. The van der Waals surface area contributed by atoms with E-state index in [1.54, 1.807) is 6.07 Å². The molecule has 0 fully saturated rings. The summed E-state index contributed by atoms with van der Waals surface area (Å²) < 4.78 is 13.5. The molecule has 1 aromatic rings. The van der Waals surface area contributed by atoms with Crippen molar-refractivity contribution >= 4 is 15.9 Å². The first-order chi connectivity index (χ1) is 5.82. The SMILES string of the molecule is CC(C)(C)c1cc(F)c(O)c(Br)c1. The minimum Gasteiger partial charge on any atom is -0.504 e. The lowest BCUT2D eigenvalue weighted by molar-refractivity contribution is 0.426. The van der Waals surface area contributed by atoms with Crippen LogP contribution in [-0.2, 0) is 5.41 Å². The quantitative estimate of drug-likeness (QED) is 0.742. The Balaban J connectivity index is 3.29. The number of aromatic hydroxyl groups is 1. The summed E-state index contributed by atoms with van der Waals surface area (Å²) >= 11 is 3.10. The van der Waals surface area contributed by atoms with Gasteiger partial charge in [-0.25, -0.2) is 4.39 Å². The first-order valence-corrected chi connectivity index (χ1v) is 4.80. The van der Waals surface area contributed by atoms with Crippen LogP contribution in [0, 0.1) is 5.82 Å². The number of phenolic OH excluding ortho intramolecular Hbond substituents is 1. The van der Waals surface area contributed by atoms with Crippen molar-refractivity contribution in [3.63, 3.8) is 0 Å². The molecule has 72 valence electrons. The highest BCUT2D eigenvalue weighted by Crippen LogP contribution is 2.32. The van der Waals surface area contributed by atoms with E-state index in [9.17, 15) is 9.50 Å². The molecule has 0 saturated heterocycles. The van der Waals surface area contributed by atoms with Crippen molar-refractivity contribution in [1.82, 2.24) is 0 Å². The van der Waals surface area contributed by atoms with Crippen molar-refractivity contribution in [3.05, 3.63) is 28.0 Å². The van der Waals surface area contributed by atoms with Gasteiger partial charge in [-0.1, -0.05) is 20.8 Å². The molecule has 1 nitrogen and oxygen atoms in total. The average molecular weight is 247 g/mol. The molecule has 0 bridgehead atoms. The van der Waals surface area contributed by atoms with Crippen LogP contribution in [0.1, 0.15) is 26.3 Å². The average Bonchev–Trinajstić information content (AvgIpc) is 1.97. The summed E-state index contributed by atoms with van der Waals surface area (Å²) in [6.07, 6.45) is 0. The standard InChI is InChI=1S/C10H12BrFO/c1-10(2,3)6-4-7(11)9(13)8(12)5-6/h4-5,13H,1-3H3. The zero-order chi connectivity index (χ0) is 10.2. The van der Waals surface area contributed by atoms with Gasteiger partial charge in [-0.2, -0.15) is 0 Å². The second-order valence-corrected chi connectivity index (χ2v) is 4.89. The van der Waals surface area contributed by atoms with Gasteiger partial charge in [-0.15, -0.1) is 0 Å². The van der Waals surface area contributed by atoms with Gasteiger partial charge in [-0.05, 0) is 39.0 Å². The molecule has 0 aromatic heterocycles. The van der Waals surface area contributed by atoms with Gasteiger partial charge in [0.05, 0.1) is 4.47 Å². The van der Waals surface area contributed by atoms with Crippen LogP contribution in [0.5, 0.6) is 5.75 Å². The van der Waals surface area contributed by atoms with Gasteiger partial charge in [-0.3, -0.25) is 0 Å². The monoisotopic (exact) mass is 246 g/mol. The molecule has 13 heavy (non-hydrogen) atoms. The lowest BCUT2D eigenvalue weighted by atomic mass is 9.87. The van der Waals surface area contributed by atoms with Gasteiger partial charge >= 0.3 is 0 Å². The number of phenols is 1. The van der Waals surface area contributed by atoms with Gasteiger partial charge in [0, 0.05) is 0 Å². The van der Waals surface area contributed by atoms with Gasteiger partial charge < -0.3 is 5.11 Å². The third-order valence-corrected chi connectivity index (χ3v) is 2.49. The van der Waals surface area contributed by atoms with E-state index in [0.29, 0.717) is 4.47 Å². The fourth-order valence-corrected chi connectivity index (χ4v) is 1.43. The minimum absolute atomic E-state index is 0.114. The molecule has 1 aromatic carbocycles. The first-order valence-electron chi connectivity index (χ1n) is 4.01. The highest BCUT2D eigenvalue weighted by Gasteiger charge is 2.17. The van der Waals surface area contributed by atoms with E-state index in [1.165, 1.54) is 6.07 Å². The Morgan fingerprint density at radius 2 is 1.85 bits per heavy atom. The predicted molar refractivity (Wildman–Crippen MR) is 54.5 cm³/mol. The summed E-state index contributed by atoms with van der Waals surface area (Å²) in [7, 11) is 0. The van der Waals surface area contributed by atoms with Crippen LogP contribution in [0.3, 0.4) is 0 Å². The number of halogens is 2. The zero-order valence-electron chi connectivity index (χ0n) is 7.86. The topological polar surface area (TPSA) is 20.2 Å². The van der Waals surface area contributed by atoms with Crippen molar-refractivity contribution in [2.45, 2.75) is 26.2 Å². The summed E-state index contributed by atoms with van der Waals surface area (Å²) in [6, 6.07) is 3.10. The molecule has 0 radical (unpaired) electrons. The van der Waals surface area contributed by atoms with Crippen LogP contribution in [0.25, 0.3) is 0 Å². The van der Waals surface area contributed by atoms with Crippen LogP contribution < -0.4 is 0 Å². The fraction of sp³-hybridized carbons (Fsp3) is 0.400. The van der Waals surface area contributed by atoms with Gasteiger partial charge in [0.1, 0.15) is 0 Å². The second kappa shape index (κ2) is 3.29. The summed E-state index contributed by atoms with van der Waals surface area (Å²) in [5, 5.41) is 9.17. The predicted octanol–water partition coefficient (Wildman–Crippen LogP) is 3.59. The molecule has 3 heteroatoms. The highest BCUT2D eigenvalue weighted by atomic mass is 79.9. The largest absolute Gasteiger partial charge is 0.504 e. The summed E-state index contributed by atoms with van der Waals surface area (Å²) in [4.78, 5) is 0. The number of hydrogen-bond donors (Lipinski definition) is 1. The number of hydrogen-bond acceptors (Lipinski definition) is 1. The number of benzene rings is 1. The molecule has 0 unspecified atom stereocenters. The van der Waals surface area contributed by atoms with E-state index in [-0.39, 0.29) is 11.2 Å². The van der Waals surface area contributed by atoms with Crippen LogP contribution >= 0.6 is 15.9 Å². The van der Waals surface area contributed by atoms with Gasteiger partial charge in [0.25, 0.3) is 0 Å². The zero-order valence-corrected chi connectivity index (χ0v) is 9.44. The van der Waals surface area contributed by atoms with Crippen molar-refractivity contribution in [2.24, 2.45) is 0 Å². The maximum absolute atomic E-state index is 13.1. The summed E-state index contributed by atoms with van der Waals surface area (Å²) in [5.41, 5.74) is 0.742. The van der Waals surface area contributed by atoms with Crippen molar-refractivity contribution in [2.75, 3.05) is 0 Å². The molecule has 0 heterocycles. The summed E-state index contributed by atoms with van der Waals surface area (Å²) in [5.74, 6) is -0.910. The lowest BCUT2D eigenvalue weighted by Gasteiger charge is -2.19. The normalized spacial score (nSPS) is 11.8. The molecule has 0 aliphatic carbocycles. The van der Waals surface area contributed by atoms with Gasteiger partial charge in [0.15, 0.2) is 11.6 Å². The summed E-state index contributed by atoms with van der Waals surface area (Å²) in [6.45, 7) is 5.97. The van der Waals surface area contributed by atoms with Gasteiger partial charge in [0.2, 0.25) is 0 Å². The first kappa shape index (κ1) is 10.5. The molecule has 1 rings (SSSR count). The Morgan fingerprint density at radius 1 is 1.31 bits per heavy atom. The van der Waals surface area contributed by atoms with Crippen LogP contribution in [-0.4, -0.2) is 5.11 Å². The molecule has 1 N–H and O–H groups in total. The molecule has 0 spiro atoms. The van der Waals surface area contributed by atoms with Crippen LogP contribution in [0.2, 0.25) is 0 Å². The molecule has 0 aliphatic rings. The van der Waals surface area contributed by atoms with Crippen LogP contribution in [0.15, 0.2) is 16.6 Å². The Bertz CT molecular complexity index is 305. The molecular weight excluding hydrogens is 235 g/mol. The maximum Gasteiger partial charge on any atom is 0.166 e. The second-order valence-electron chi connectivity index (χ2n) is 4.04. The third kappa shape index (κ3) is 2.21. The molecular formula is C10H12BrFO. The Labute approximate surface area is 85.7 Å². The Morgan fingerprint density at radius 3 is 2.23 bits per heavy atom. The number of rotatable bonds is 0. The van der Waals surface area contributed by atoms with E-state index in [2.05, 4.69) is 15.9 Å². The molecule has 0 saturated carbocycles. The van der Waals surface area contributed by atoms with E-state index in [0.717, 1.165) is 5.56 Å². The fourth-order valence-electron chi connectivity index (χ4n) is 0.999. The molecule has 0 atom stereocenters. The molecule has 0 aliphatic heterocycles. The smallest absolute Gasteiger partial charge is 0.166 e. The maximum atomic E-state index is 13.1. The third-order valence-electron chi connectivity index (χ3n) is 1.88. The van der Waals surface area contributed by atoms with Crippen LogP contribution in [0.4, 0.5) is 4.39 Å². The Kier molecular flexibility index (Phi) is 2.66. The lowest BCUT2D eigenvalue weighted by Crippen LogP contribution is -2.11. The van der Waals surface area contributed by atoms with E-state index >= 15 is 0 Å². The van der Waals surface area contributed by atoms with E-state index < -0.39 is 5.82 Å².